The molecule has 2 fully saturated rings. The van der Waals surface area contributed by atoms with Crippen LogP contribution < -0.4 is 0 Å². The third-order valence-corrected chi connectivity index (χ3v) is 5.91. The molecule has 6 heteroatoms. The zero-order valence-electron chi connectivity index (χ0n) is 11.1. The molecule has 0 saturated carbocycles. The molecule has 1 amide bonds. The predicted molar refractivity (Wildman–Crippen MR) is 70.1 cm³/mol. The monoisotopic (exact) mass is 274 g/mol. The lowest BCUT2D eigenvalue weighted by atomic mass is 10.0. The van der Waals surface area contributed by atoms with E-state index in [-0.39, 0.29) is 29.5 Å². The van der Waals surface area contributed by atoms with Crippen LogP contribution in [-0.2, 0) is 14.6 Å². The smallest absolute Gasteiger partial charge is 0.239 e. The minimum atomic E-state index is -2.93. The molecule has 0 radical (unpaired) electrons. The maximum absolute atomic E-state index is 12.4. The highest BCUT2D eigenvalue weighted by molar-refractivity contribution is 7.91. The fourth-order valence-corrected chi connectivity index (χ4v) is 4.66. The third kappa shape index (κ3) is 2.85. The zero-order chi connectivity index (χ0) is 13.3. The van der Waals surface area contributed by atoms with E-state index >= 15 is 0 Å². The van der Waals surface area contributed by atoms with Crippen LogP contribution in [0.1, 0.15) is 25.7 Å². The number of nitrogens with zero attached hydrogens (tertiary/aromatic N) is 2. The molecule has 0 aliphatic carbocycles. The van der Waals surface area contributed by atoms with E-state index in [1.54, 1.807) is 11.9 Å². The highest BCUT2D eigenvalue weighted by atomic mass is 32.2. The first-order chi connectivity index (χ1) is 8.41. The molecule has 0 N–H and O–H groups in total. The Morgan fingerprint density at radius 2 is 2.00 bits per heavy atom. The van der Waals surface area contributed by atoms with Crippen LogP contribution >= 0.6 is 0 Å². The number of hydrogen-bond acceptors (Lipinski definition) is 4. The standard InChI is InChI=1S/C12H22N2O3S/c1-13-7-4-3-5-11(13)12(15)14(2)10-6-8-18(16,17)9-10/h10-11H,3-9H2,1-2H3. The second kappa shape index (κ2) is 5.17. The fraction of sp³-hybridized carbons (Fsp3) is 0.917. The summed E-state index contributed by atoms with van der Waals surface area (Å²) in [6.45, 7) is 0.952. The number of piperidine rings is 1. The molecule has 2 heterocycles. The molecule has 5 nitrogen and oxygen atoms in total. The van der Waals surface area contributed by atoms with Gasteiger partial charge in [-0.2, -0.15) is 0 Å². The van der Waals surface area contributed by atoms with Gasteiger partial charge in [-0.05, 0) is 32.9 Å². The number of carbonyl (C=O) groups is 1. The van der Waals surface area contributed by atoms with Crippen LogP contribution in [0.3, 0.4) is 0 Å². The summed E-state index contributed by atoms with van der Waals surface area (Å²) in [4.78, 5) is 16.1. The molecule has 2 unspecified atom stereocenters. The number of sulfone groups is 1. The maximum atomic E-state index is 12.4. The van der Waals surface area contributed by atoms with Gasteiger partial charge >= 0.3 is 0 Å². The van der Waals surface area contributed by atoms with Crippen LogP contribution in [0, 0.1) is 0 Å². The van der Waals surface area contributed by atoms with Crippen molar-refractivity contribution in [2.24, 2.45) is 0 Å². The van der Waals surface area contributed by atoms with Crippen LogP contribution in [0.15, 0.2) is 0 Å². The van der Waals surface area contributed by atoms with Crippen molar-refractivity contribution < 1.29 is 13.2 Å². The largest absolute Gasteiger partial charge is 0.340 e. The van der Waals surface area contributed by atoms with E-state index in [1.165, 1.54) is 0 Å². The topological polar surface area (TPSA) is 57.7 Å². The molecule has 104 valence electrons. The van der Waals surface area contributed by atoms with Crippen molar-refractivity contribution in [2.75, 3.05) is 32.1 Å². The molecular formula is C12H22N2O3S. The molecule has 2 atom stereocenters. The third-order valence-electron chi connectivity index (χ3n) is 4.16. The average molecular weight is 274 g/mol. The maximum Gasteiger partial charge on any atom is 0.239 e. The van der Waals surface area contributed by atoms with Crippen molar-refractivity contribution in [3.05, 3.63) is 0 Å². The minimum absolute atomic E-state index is 0.0629. The second-order valence-corrected chi connectivity index (χ2v) is 7.73. The lowest BCUT2D eigenvalue weighted by Gasteiger charge is -2.35. The van der Waals surface area contributed by atoms with Gasteiger partial charge in [-0.1, -0.05) is 6.42 Å². The van der Waals surface area contributed by atoms with Gasteiger partial charge in [0.25, 0.3) is 0 Å². The number of rotatable bonds is 2. The Hall–Kier alpha value is -0.620. The van der Waals surface area contributed by atoms with Crippen LogP contribution in [0.2, 0.25) is 0 Å². The first-order valence-corrected chi connectivity index (χ1v) is 8.40. The number of hydrogen-bond donors (Lipinski definition) is 0. The Morgan fingerprint density at radius 1 is 1.28 bits per heavy atom. The van der Waals surface area contributed by atoms with Gasteiger partial charge in [0, 0.05) is 13.1 Å². The number of likely N-dealkylation sites (tertiary alicyclic amines) is 1. The summed E-state index contributed by atoms with van der Waals surface area (Å²) in [7, 11) is 0.794. The first kappa shape index (κ1) is 13.8. The van der Waals surface area contributed by atoms with E-state index in [9.17, 15) is 13.2 Å². The Morgan fingerprint density at radius 3 is 2.56 bits per heavy atom. The Kier molecular flexibility index (Phi) is 3.96. The van der Waals surface area contributed by atoms with Gasteiger partial charge in [0.2, 0.25) is 5.91 Å². The van der Waals surface area contributed by atoms with Gasteiger partial charge < -0.3 is 4.90 Å². The van der Waals surface area contributed by atoms with Crippen molar-refractivity contribution in [1.82, 2.24) is 9.80 Å². The van der Waals surface area contributed by atoms with E-state index in [4.69, 9.17) is 0 Å². The fourth-order valence-electron chi connectivity index (χ4n) is 2.88. The molecule has 0 bridgehead atoms. The molecule has 0 aromatic rings. The highest BCUT2D eigenvalue weighted by Crippen LogP contribution is 2.21. The number of likely N-dealkylation sites (N-methyl/N-ethyl adjacent to an activating group) is 2. The van der Waals surface area contributed by atoms with Crippen molar-refractivity contribution in [3.8, 4) is 0 Å². The molecule has 0 aromatic heterocycles. The summed E-state index contributed by atoms with van der Waals surface area (Å²) in [6, 6.07) is -0.190. The van der Waals surface area contributed by atoms with Crippen LogP contribution in [0.5, 0.6) is 0 Å². The minimum Gasteiger partial charge on any atom is -0.340 e. The molecule has 2 saturated heterocycles. The summed E-state index contributed by atoms with van der Waals surface area (Å²) in [5, 5.41) is 0. The molecule has 2 aliphatic rings. The Bertz CT molecular complexity index is 421. The van der Waals surface area contributed by atoms with E-state index in [0.29, 0.717) is 6.42 Å². The van der Waals surface area contributed by atoms with E-state index in [0.717, 1.165) is 25.8 Å². The van der Waals surface area contributed by atoms with Gasteiger partial charge in [0.15, 0.2) is 9.84 Å². The normalized spacial score (nSPS) is 32.3. The van der Waals surface area contributed by atoms with Crippen molar-refractivity contribution in [1.29, 1.82) is 0 Å². The van der Waals surface area contributed by atoms with Crippen LogP contribution in [0.4, 0.5) is 0 Å². The Labute approximate surface area is 109 Å². The zero-order valence-corrected chi connectivity index (χ0v) is 11.9. The highest BCUT2D eigenvalue weighted by Gasteiger charge is 2.36. The number of amides is 1. The Balaban J connectivity index is 2.00. The summed E-state index contributed by atoms with van der Waals surface area (Å²) >= 11 is 0. The molecule has 0 aromatic carbocycles. The number of carbonyl (C=O) groups excluding carboxylic acids is 1. The molecule has 2 rings (SSSR count). The molecule has 0 spiro atoms. The molecule has 2 aliphatic heterocycles. The molecular weight excluding hydrogens is 252 g/mol. The second-order valence-electron chi connectivity index (χ2n) is 5.50. The van der Waals surface area contributed by atoms with Crippen molar-refractivity contribution in [3.63, 3.8) is 0 Å². The van der Waals surface area contributed by atoms with Gasteiger partial charge in [-0.25, -0.2) is 8.42 Å². The van der Waals surface area contributed by atoms with E-state index < -0.39 is 9.84 Å². The predicted octanol–water partition coefficient (Wildman–Crippen LogP) is 0.116. The first-order valence-electron chi connectivity index (χ1n) is 6.58. The van der Waals surface area contributed by atoms with Gasteiger partial charge in [-0.15, -0.1) is 0 Å². The lowest BCUT2D eigenvalue weighted by Crippen LogP contribution is -2.51. The summed E-state index contributed by atoms with van der Waals surface area (Å²) < 4.78 is 22.9. The van der Waals surface area contributed by atoms with Crippen molar-refractivity contribution >= 4 is 15.7 Å². The summed E-state index contributed by atoms with van der Waals surface area (Å²) in [6.07, 6.45) is 3.69. The van der Waals surface area contributed by atoms with E-state index in [1.807, 2.05) is 7.05 Å². The van der Waals surface area contributed by atoms with Gasteiger partial charge in [-0.3, -0.25) is 9.69 Å². The SMILES string of the molecule is CN1CCCCC1C(=O)N(C)C1CCS(=O)(=O)C1. The lowest BCUT2D eigenvalue weighted by molar-refractivity contribution is -0.138. The van der Waals surface area contributed by atoms with Gasteiger partial charge in [0.1, 0.15) is 0 Å². The average Bonchev–Trinajstić information content (AvgIpc) is 2.68. The molecule has 18 heavy (non-hydrogen) atoms. The summed E-state index contributed by atoms with van der Waals surface area (Å²) in [5.41, 5.74) is 0. The van der Waals surface area contributed by atoms with E-state index in [2.05, 4.69) is 4.90 Å². The summed E-state index contributed by atoms with van der Waals surface area (Å²) in [5.74, 6) is 0.431. The van der Waals surface area contributed by atoms with Gasteiger partial charge in [0.05, 0.1) is 17.5 Å². The van der Waals surface area contributed by atoms with Crippen LogP contribution in [0.25, 0.3) is 0 Å². The quantitative estimate of drug-likeness (QED) is 0.717. The van der Waals surface area contributed by atoms with Crippen LogP contribution in [-0.4, -0.2) is 68.4 Å². The van der Waals surface area contributed by atoms with Crippen molar-refractivity contribution in [2.45, 2.75) is 37.8 Å².